The molecule has 3 heteroatoms. The van der Waals surface area contributed by atoms with E-state index in [1.807, 2.05) is 0 Å². The second-order valence-electron chi connectivity index (χ2n) is 6.31. The van der Waals surface area contributed by atoms with Crippen LogP contribution in [-0.2, 0) is 13.1 Å². The average molecular weight is 362 g/mol. The number of aliphatic hydroxyl groups is 1. The number of hydrogen-bond acceptors (Lipinski definition) is 1. The molecule has 2 aromatic carbocycles. The molecular formula is C19H24BrNO. The number of aliphatic hydroxyl groups excluding tert-OH is 1. The van der Waals surface area contributed by atoms with E-state index in [9.17, 15) is 5.11 Å². The van der Waals surface area contributed by atoms with Crippen molar-refractivity contribution in [2.75, 3.05) is 13.1 Å². The van der Waals surface area contributed by atoms with Crippen LogP contribution in [0.2, 0.25) is 0 Å². The van der Waals surface area contributed by atoms with E-state index >= 15 is 0 Å². The SMILES string of the molecule is OC1CC[N+](Cc2ccccc2)(Cc2ccccc2)CC1.[Br-]. The summed E-state index contributed by atoms with van der Waals surface area (Å²) in [5, 5.41) is 9.86. The summed E-state index contributed by atoms with van der Waals surface area (Å²) in [7, 11) is 0. The zero-order valence-corrected chi connectivity index (χ0v) is 14.5. The van der Waals surface area contributed by atoms with Gasteiger partial charge in [-0.3, -0.25) is 0 Å². The maximum Gasteiger partial charge on any atom is 0.105 e. The van der Waals surface area contributed by atoms with Crippen LogP contribution in [0.5, 0.6) is 0 Å². The largest absolute Gasteiger partial charge is 1.00 e. The molecule has 0 aromatic heterocycles. The Morgan fingerprint density at radius 3 is 1.59 bits per heavy atom. The molecule has 1 aliphatic rings. The highest BCUT2D eigenvalue weighted by Crippen LogP contribution is 2.26. The van der Waals surface area contributed by atoms with E-state index in [1.165, 1.54) is 11.1 Å². The summed E-state index contributed by atoms with van der Waals surface area (Å²) in [6.07, 6.45) is 1.72. The highest BCUT2D eigenvalue weighted by Gasteiger charge is 2.33. The first-order valence-corrected chi connectivity index (χ1v) is 7.87. The van der Waals surface area contributed by atoms with Gasteiger partial charge in [-0.15, -0.1) is 0 Å². The molecule has 0 unspecified atom stereocenters. The number of piperidine rings is 1. The molecule has 0 amide bonds. The molecule has 118 valence electrons. The third-order valence-electron chi connectivity index (χ3n) is 4.59. The van der Waals surface area contributed by atoms with Crippen LogP contribution in [0.25, 0.3) is 0 Å². The van der Waals surface area contributed by atoms with Crippen LogP contribution in [0.3, 0.4) is 0 Å². The minimum atomic E-state index is -0.109. The van der Waals surface area contributed by atoms with Gasteiger partial charge in [-0.2, -0.15) is 0 Å². The summed E-state index contributed by atoms with van der Waals surface area (Å²) in [4.78, 5) is 0. The molecule has 0 atom stereocenters. The molecule has 1 aliphatic heterocycles. The van der Waals surface area contributed by atoms with Crippen LogP contribution in [0.4, 0.5) is 0 Å². The Kier molecular flexibility index (Phi) is 6.18. The van der Waals surface area contributed by atoms with Crippen molar-refractivity contribution in [3.8, 4) is 0 Å². The molecule has 1 N–H and O–H groups in total. The van der Waals surface area contributed by atoms with Crippen molar-refractivity contribution in [1.29, 1.82) is 0 Å². The van der Waals surface area contributed by atoms with E-state index in [4.69, 9.17) is 0 Å². The molecule has 1 saturated heterocycles. The normalized spacial score (nSPS) is 17.7. The quantitative estimate of drug-likeness (QED) is 0.779. The number of quaternary nitrogens is 1. The topological polar surface area (TPSA) is 20.2 Å². The summed E-state index contributed by atoms with van der Waals surface area (Å²) in [6.45, 7) is 4.24. The minimum Gasteiger partial charge on any atom is -1.00 e. The molecule has 0 spiro atoms. The standard InChI is InChI=1S/C19H24NO.BrH/c21-19-11-13-20(14-12-19,15-17-7-3-1-4-8-17)16-18-9-5-2-6-10-18;/h1-10,19,21H,11-16H2;1H/q+1;/p-1. The van der Waals surface area contributed by atoms with Gasteiger partial charge < -0.3 is 26.6 Å². The van der Waals surface area contributed by atoms with Crippen molar-refractivity contribution in [3.63, 3.8) is 0 Å². The minimum absolute atomic E-state index is 0. The second-order valence-corrected chi connectivity index (χ2v) is 6.31. The van der Waals surface area contributed by atoms with Gasteiger partial charge in [-0.05, 0) is 0 Å². The second kappa shape index (κ2) is 7.91. The third-order valence-corrected chi connectivity index (χ3v) is 4.59. The van der Waals surface area contributed by atoms with Crippen molar-refractivity contribution in [3.05, 3.63) is 71.8 Å². The van der Waals surface area contributed by atoms with E-state index in [0.717, 1.165) is 43.5 Å². The van der Waals surface area contributed by atoms with Crippen molar-refractivity contribution in [2.24, 2.45) is 0 Å². The number of benzene rings is 2. The van der Waals surface area contributed by atoms with Crippen LogP contribution in [-0.4, -0.2) is 28.8 Å². The summed E-state index contributed by atoms with van der Waals surface area (Å²) in [5.41, 5.74) is 2.79. The van der Waals surface area contributed by atoms with E-state index < -0.39 is 0 Å². The molecule has 1 heterocycles. The smallest absolute Gasteiger partial charge is 0.105 e. The predicted octanol–water partition coefficient (Wildman–Crippen LogP) is 0.362. The molecule has 1 fully saturated rings. The maximum absolute atomic E-state index is 9.86. The Morgan fingerprint density at radius 1 is 0.773 bits per heavy atom. The predicted molar refractivity (Wildman–Crippen MR) is 85.5 cm³/mol. The highest BCUT2D eigenvalue weighted by molar-refractivity contribution is 5.15. The molecule has 0 bridgehead atoms. The zero-order valence-electron chi connectivity index (χ0n) is 12.9. The van der Waals surface area contributed by atoms with Crippen molar-refractivity contribution < 1.29 is 26.6 Å². The first-order valence-electron chi connectivity index (χ1n) is 7.87. The van der Waals surface area contributed by atoms with E-state index in [1.54, 1.807) is 0 Å². The lowest BCUT2D eigenvalue weighted by Crippen LogP contribution is -3.00. The first kappa shape index (κ1) is 17.2. The fourth-order valence-electron chi connectivity index (χ4n) is 3.42. The molecule has 2 nitrogen and oxygen atoms in total. The number of halogens is 1. The monoisotopic (exact) mass is 361 g/mol. The summed E-state index contributed by atoms with van der Waals surface area (Å²) in [5.74, 6) is 0. The van der Waals surface area contributed by atoms with Gasteiger partial charge in [0.25, 0.3) is 0 Å². The van der Waals surface area contributed by atoms with Gasteiger partial charge in [0.05, 0.1) is 19.2 Å². The van der Waals surface area contributed by atoms with Gasteiger partial charge in [0.1, 0.15) is 13.1 Å². The lowest BCUT2D eigenvalue weighted by Gasteiger charge is -2.43. The van der Waals surface area contributed by atoms with Crippen LogP contribution < -0.4 is 17.0 Å². The van der Waals surface area contributed by atoms with Gasteiger partial charge >= 0.3 is 0 Å². The van der Waals surface area contributed by atoms with Gasteiger partial charge in [-0.25, -0.2) is 0 Å². The number of likely N-dealkylation sites (tertiary alicyclic amines) is 1. The van der Waals surface area contributed by atoms with Crippen LogP contribution in [0.15, 0.2) is 60.7 Å². The third kappa shape index (κ3) is 4.42. The molecule has 2 aromatic rings. The van der Waals surface area contributed by atoms with E-state index in [-0.39, 0.29) is 23.1 Å². The first-order chi connectivity index (χ1) is 10.3. The maximum atomic E-state index is 9.86. The van der Waals surface area contributed by atoms with Gasteiger partial charge in [-0.1, -0.05) is 60.7 Å². The number of hydrogen-bond donors (Lipinski definition) is 1. The van der Waals surface area contributed by atoms with Gasteiger partial charge in [0.15, 0.2) is 0 Å². The lowest BCUT2D eigenvalue weighted by molar-refractivity contribution is -0.958. The Labute approximate surface area is 143 Å². The molecule has 3 rings (SSSR count). The summed E-state index contributed by atoms with van der Waals surface area (Å²) >= 11 is 0. The Bertz CT molecular complexity index is 507. The summed E-state index contributed by atoms with van der Waals surface area (Å²) < 4.78 is 1.06. The summed E-state index contributed by atoms with van der Waals surface area (Å²) in [6, 6.07) is 21.5. The van der Waals surface area contributed by atoms with Gasteiger partial charge in [0.2, 0.25) is 0 Å². The Morgan fingerprint density at radius 2 is 1.18 bits per heavy atom. The molecule has 0 aliphatic carbocycles. The molecule has 0 radical (unpaired) electrons. The van der Waals surface area contributed by atoms with Gasteiger partial charge in [0, 0.05) is 24.0 Å². The van der Waals surface area contributed by atoms with Crippen LogP contribution in [0, 0.1) is 0 Å². The average Bonchev–Trinajstić information content (AvgIpc) is 2.52. The fraction of sp³-hybridized carbons (Fsp3) is 0.368. The zero-order chi connectivity index (χ0) is 14.5. The van der Waals surface area contributed by atoms with Crippen molar-refractivity contribution >= 4 is 0 Å². The highest BCUT2D eigenvalue weighted by atomic mass is 79.9. The van der Waals surface area contributed by atoms with Crippen LogP contribution in [0.1, 0.15) is 24.0 Å². The fourth-order valence-corrected chi connectivity index (χ4v) is 3.42. The van der Waals surface area contributed by atoms with E-state index in [2.05, 4.69) is 60.7 Å². The Hall–Kier alpha value is -1.16. The van der Waals surface area contributed by atoms with Crippen molar-refractivity contribution in [1.82, 2.24) is 0 Å². The Balaban J connectivity index is 0.00000176. The van der Waals surface area contributed by atoms with Crippen LogP contribution >= 0.6 is 0 Å². The molecular weight excluding hydrogens is 338 g/mol. The van der Waals surface area contributed by atoms with Crippen molar-refractivity contribution in [2.45, 2.75) is 32.0 Å². The molecule has 0 saturated carbocycles. The lowest BCUT2D eigenvalue weighted by atomic mass is 10.0. The van der Waals surface area contributed by atoms with E-state index in [0.29, 0.717) is 0 Å². The number of nitrogens with zero attached hydrogens (tertiary/aromatic N) is 1. The molecule has 22 heavy (non-hydrogen) atoms. The number of rotatable bonds is 4.